The highest BCUT2D eigenvalue weighted by Gasteiger charge is 2.10. The monoisotopic (exact) mass is 264 g/mol. The lowest BCUT2D eigenvalue weighted by Gasteiger charge is -2.15. The molecule has 0 saturated heterocycles. The van der Waals surface area contributed by atoms with Crippen molar-refractivity contribution >= 4 is 11.3 Å². The fourth-order valence-corrected chi connectivity index (χ4v) is 2.80. The molecule has 0 saturated carbocycles. The fraction of sp³-hybridized carbons (Fsp3) is 0.538. The van der Waals surface area contributed by atoms with E-state index < -0.39 is 0 Å². The van der Waals surface area contributed by atoms with E-state index in [0.29, 0.717) is 6.04 Å². The highest BCUT2D eigenvalue weighted by atomic mass is 32.1. The van der Waals surface area contributed by atoms with E-state index in [1.165, 1.54) is 24.1 Å². The van der Waals surface area contributed by atoms with Crippen molar-refractivity contribution in [3.63, 3.8) is 0 Å². The maximum atomic E-state index is 4.28. The Hall–Kier alpha value is -1.20. The van der Waals surface area contributed by atoms with Crippen LogP contribution in [0, 0.1) is 0 Å². The molecule has 2 rings (SSSR count). The Morgan fingerprint density at radius 3 is 3.00 bits per heavy atom. The minimum atomic E-state index is 0.480. The molecule has 2 heterocycles. The summed E-state index contributed by atoms with van der Waals surface area (Å²) in [6.45, 7) is 0. The van der Waals surface area contributed by atoms with Gasteiger partial charge >= 0.3 is 0 Å². The average molecular weight is 264 g/mol. The molecule has 0 bridgehead atoms. The van der Waals surface area contributed by atoms with Crippen molar-refractivity contribution in [3.05, 3.63) is 34.5 Å². The van der Waals surface area contributed by atoms with Crippen LogP contribution in [0.5, 0.6) is 0 Å². The number of hydrogen-bond acceptors (Lipinski definition) is 4. The van der Waals surface area contributed by atoms with Crippen LogP contribution in [0.1, 0.15) is 23.5 Å². The van der Waals surface area contributed by atoms with Crippen LogP contribution in [0.4, 0.5) is 0 Å². The van der Waals surface area contributed by atoms with E-state index in [1.54, 1.807) is 6.33 Å². The quantitative estimate of drug-likeness (QED) is 0.832. The lowest BCUT2D eigenvalue weighted by Crippen LogP contribution is -2.28. The normalized spacial score (nSPS) is 12.8. The third kappa shape index (κ3) is 3.65. The highest BCUT2D eigenvalue weighted by molar-refractivity contribution is 7.09. The molecule has 98 valence electrons. The summed E-state index contributed by atoms with van der Waals surface area (Å²) in [4.78, 5) is 5.75. The Balaban J connectivity index is 1.77. The first-order valence-electron chi connectivity index (χ1n) is 6.32. The summed E-state index contributed by atoms with van der Waals surface area (Å²) in [6.07, 6.45) is 6.12. The molecule has 1 N–H and O–H groups in total. The molecule has 0 amide bonds. The molecule has 0 fully saturated rings. The van der Waals surface area contributed by atoms with E-state index in [4.69, 9.17) is 0 Å². The smallest absolute Gasteiger partial charge is 0.138 e. The molecule has 0 aliphatic rings. The zero-order chi connectivity index (χ0) is 12.8. The first kappa shape index (κ1) is 13.2. The van der Waals surface area contributed by atoms with Crippen molar-refractivity contribution in [1.82, 2.24) is 20.1 Å². The van der Waals surface area contributed by atoms with E-state index in [9.17, 15) is 0 Å². The van der Waals surface area contributed by atoms with Crippen molar-refractivity contribution < 1.29 is 0 Å². The van der Waals surface area contributed by atoms with Crippen LogP contribution in [0.3, 0.4) is 0 Å². The van der Waals surface area contributed by atoms with Gasteiger partial charge in [0, 0.05) is 24.4 Å². The third-order valence-corrected chi connectivity index (χ3v) is 4.13. The van der Waals surface area contributed by atoms with Crippen LogP contribution < -0.4 is 5.32 Å². The first-order valence-corrected chi connectivity index (χ1v) is 7.20. The highest BCUT2D eigenvalue weighted by Crippen LogP contribution is 2.13. The number of nitrogens with zero attached hydrogens (tertiary/aromatic N) is 3. The largest absolute Gasteiger partial charge is 0.317 e. The van der Waals surface area contributed by atoms with Gasteiger partial charge in [0.05, 0.1) is 0 Å². The molecular weight excluding hydrogens is 244 g/mol. The zero-order valence-electron chi connectivity index (χ0n) is 11.0. The van der Waals surface area contributed by atoms with Crippen molar-refractivity contribution in [2.24, 2.45) is 7.05 Å². The molecule has 1 unspecified atom stereocenters. The lowest BCUT2D eigenvalue weighted by molar-refractivity contribution is 0.483. The molecule has 1 atom stereocenters. The van der Waals surface area contributed by atoms with E-state index >= 15 is 0 Å². The van der Waals surface area contributed by atoms with Gasteiger partial charge in [-0.2, -0.15) is 5.10 Å². The van der Waals surface area contributed by atoms with E-state index in [1.807, 2.05) is 30.1 Å². The minimum Gasteiger partial charge on any atom is -0.317 e. The van der Waals surface area contributed by atoms with Gasteiger partial charge in [0.1, 0.15) is 12.2 Å². The second-order valence-corrected chi connectivity index (χ2v) is 5.49. The number of thiophene rings is 1. The van der Waals surface area contributed by atoms with Gasteiger partial charge in [-0.25, -0.2) is 4.98 Å². The summed E-state index contributed by atoms with van der Waals surface area (Å²) in [5.74, 6) is 1.05. The number of rotatable bonds is 7. The molecule has 4 nitrogen and oxygen atoms in total. The summed E-state index contributed by atoms with van der Waals surface area (Å²) in [5, 5.41) is 9.62. The van der Waals surface area contributed by atoms with Gasteiger partial charge in [-0.3, -0.25) is 4.68 Å². The van der Waals surface area contributed by atoms with Crippen molar-refractivity contribution in [2.45, 2.75) is 31.7 Å². The zero-order valence-corrected chi connectivity index (χ0v) is 11.8. The molecular formula is C13H20N4S. The maximum absolute atomic E-state index is 4.28. The van der Waals surface area contributed by atoms with E-state index in [0.717, 1.165) is 12.2 Å². The Morgan fingerprint density at radius 1 is 1.50 bits per heavy atom. The molecule has 0 aromatic carbocycles. The van der Waals surface area contributed by atoms with Crippen molar-refractivity contribution in [2.75, 3.05) is 7.05 Å². The Bertz CT molecular complexity index is 449. The van der Waals surface area contributed by atoms with Crippen LogP contribution in [0.25, 0.3) is 0 Å². The summed E-state index contributed by atoms with van der Waals surface area (Å²) < 4.78 is 1.85. The van der Waals surface area contributed by atoms with Gasteiger partial charge in [-0.15, -0.1) is 11.3 Å². The fourth-order valence-electron chi connectivity index (χ4n) is 2.05. The van der Waals surface area contributed by atoms with Gasteiger partial charge < -0.3 is 5.32 Å². The topological polar surface area (TPSA) is 42.7 Å². The maximum Gasteiger partial charge on any atom is 0.138 e. The third-order valence-electron chi connectivity index (χ3n) is 3.20. The Morgan fingerprint density at radius 2 is 2.39 bits per heavy atom. The van der Waals surface area contributed by atoms with Gasteiger partial charge in [-0.1, -0.05) is 6.07 Å². The van der Waals surface area contributed by atoms with Crippen LogP contribution in [0.15, 0.2) is 23.8 Å². The number of aromatic nitrogens is 3. The predicted molar refractivity (Wildman–Crippen MR) is 74.8 cm³/mol. The molecule has 18 heavy (non-hydrogen) atoms. The number of hydrogen-bond donors (Lipinski definition) is 1. The standard InChI is InChI=1S/C13H20N4S/c1-14-11(9-13-15-10-16-17(13)2)5-3-6-12-7-4-8-18-12/h4,7-8,10-11,14H,3,5-6,9H2,1-2H3. The molecule has 2 aromatic heterocycles. The SMILES string of the molecule is CNC(CCCc1cccs1)Cc1ncnn1C. The van der Waals surface area contributed by atoms with Crippen LogP contribution in [-0.4, -0.2) is 27.9 Å². The van der Waals surface area contributed by atoms with Gasteiger partial charge in [0.15, 0.2) is 0 Å². The summed E-state index contributed by atoms with van der Waals surface area (Å²) >= 11 is 1.84. The Kier molecular flexibility index (Phi) is 4.90. The lowest BCUT2D eigenvalue weighted by atomic mass is 10.1. The number of likely N-dealkylation sites (N-methyl/N-ethyl adjacent to an activating group) is 1. The van der Waals surface area contributed by atoms with Crippen molar-refractivity contribution in [3.8, 4) is 0 Å². The van der Waals surface area contributed by atoms with E-state index in [-0.39, 0.29) is 0 Å². The summed E-state index contributed by atoms with van der Waals surface area (Å²) in [5.41, 5.74) is 0. The molecule has 0 aliphatic carbocycles. The minimum absolute atomic E-state index is 0.480. The molecule has 0 radical (unpaired) electrons. The predicted octanol–water partition coefficient (Wildman–Crippen LogP) is 2.03. The molecule has 2 aromatic rings. The van der Waals surface area contributed by atoms with Gasteiger partial charge in [-0.05, 0) is 37.8 Å². The molecule has 0 aliphatic heterocycles. The first-order chi connectivity index (χ1) is 8.79. The second-order valence-electron chi connectivity index (χ2n) is 4.46. The van der Waals surface area contributed by atoms with E-state index in [2.05, 4.69) is 32.9 Å². The van der Waals surface area contributed by atoms with Crippen LogP contribution >= 0.6 is 11.3 Å². The van der Waals surface area contributed by atoms with Gasteiger partial charge in [0.2, 0.25) is 0 Å². The molecule has 5 heteroatoms. The van der Waals surface area contributed by atoms with Crippen molar-refractivity contribution in [1.29, 1.82) is 0 Å². The second kappa shape index (κ2) is 6.66. The van der Waals surface area contributed by atoms with Gasteiger partial charge in [0.25, 0.3) is 0 Å². The van der Waals surface area contributed by atoms with Crippen LogP contribution in [0.2, 0.25) is 0 Å². The van der Waals surface area contributed by atoms with Crippen LogP contribution in [-0.2, 0) is 19.9 Å². The summed E-state index contributed by atoms with van der Waals surface area (Å²) in [7, 11) is 3.97. The number of nitrogens with one attached hydrogen (secondary N) is 1. The summed E-state index contributed by atoms with van der Waals surface area (Å²) in [6, 6.07) is 4.81. The Labute approximate surface area is 112 Å². The number of aryl methyl sites for hydroxylation is 2. The average Bonchev–Trinajstić information content (AvgIpc) is 3.00. The molecule has 0 spiro atoms.